The molecule has 1 heterocycles. The summed E-state index contributed by atoms with van der Waals surface area (Å²) in [5, 5.41) is 0. The molecule has 3 rings (SSSR count). The van der Waals surface area contributed by atoms with Crippen molar-refractivity contribution in [3.05, 3.63) is 29.3 Å². The first-order chi connectivity index (χ1) is 9.65. The zero-order valence-electron chi connectivity index (χ0n) is 12.0. The van der Waals surface area contributed by atoms with Crippen LogP contribution in [0.1, 0.15) is 43.4 Å². The first-order valence-electron chi connectivity index (χ1n) is 7.49. The summed E-state index contributed by atoms with van der Waals surface area (Å²) in [6.45, 7) is 3.57. The van der Waals surface area contributed by atoms with Crippen molar-refractivity contribution in [1.82, 2.24) is 4.90 Å². The molecule has 1 amide bonds. The summed E-state index contributed by atoms with van der Waals surface area (Å²) >= 11 is 0. The minimum atomic E-state index is -0.416. The third kappa shape index (κ3) is 2.52. The summed E-state index contributed by atoms with van der Waals surface area (Å²) in [7, 11) is 0. The number of carbonyl (C=O) groups excluding carboxylic acids is 1. The second-order valence-corrected chi connectivity index (χ2v) is 5.80. The highest BCUT2D eigenvalue weighted by atomic mass is 16.5. The molecule has 2 atom stereocenters. The van der Waals surface area contributed by atoms with E-state index in [1.807, 2.05) is 30.0 Å². The third-order valence-electron chi connectivity index (χ3n) is 4.32. The number of rotatable bonds is 3. The van der Waals surface area contributed by atoms with Gasteiger partial charge in [-0.05, 0) is 55.9 Å². The van der Waals surface area contributed by atoms with Gasteiger partial charge in [0.15, 0.2) is 6.10 Å². The van der Waals surface area contributed by atoms with E-state index in [1.54, 1.807) is 0 Å². The van der Waals surface area contributed by atoms with Crippen molar-refractivity contribution in [2.24, 2.45) is 5.73 Å². The van der Waals surface area contributed by atoms with Gasteiger partial charge in [0.05, 0.1) is 0 Å². The highest BCUT2D eigenvalue weighted by Gasteiger charge is 2.25. The Bertz CT molecular complexity index is 509. The van der Waals surface area contributed by atoms with Crippen LogP contribution >= 0.6 is 0 Å². The summed E-state index contributed by atoms with van der Waals surface area (Å²) in [5.41, 5.74) is 8.51. The van der Waals surface area contributed by atoms with Crippen molar-refractivity contribution < 1.29 is 9.53 Å². The first kappa shape index (κ1) is 13.4. The van der Waals surface area contributed by atoms with Gasteiger partial charge in [-0.2, -0.15) is 0 Å². The number of fused-ring (bicyclic) bond motifs is 1. The molecule has 2 N–H and O–H groups in total. The summed E-state index contributed by atoms with van der Waals surface area (Å²) in [6.07, 6.45) is 3.80. The zero-order valence-corrected chi connectivity index (χ0v) is 12.0. The Morgan fingerprint density at radius 3 is 2.90 bits per heavy atom. The van der Waals surface area contributed by atoms with Crippen LogP contribution in [0.4, 0.5) is 0 Å². The summed E-state index contributed by atoms with van der Waals surface area (Å²) in [4.78, 5) is 14.1. The number of aryl methyl sites for hydroxylation is 1. The fourth-order valence-electron chi connectivity index (χ4n) is 3.15. The van der Waals surface area contributed by atoms with Gasteiger partial charge in [-0.3, -0.25) is 4.79 Å². The highest BCUT2D eigenvalue weighted by Crippen LogP contribution is 2.32. The van der Waals surface area contributed by atoms with Crippen LogP contribution in [0.3, 0.4) is 0 Å². The highest BCUT2D eigenvalue weighted by molar-refractivity contribution is 5.81. The van der Waals surface area contributed by atoms with Gasteiger partial charge in [-0.1, -0.05) is 6.07 Å². The molecule has 1 unspecified atom stereocenters. The van der Waals surface area contributed by atoms with Crippen molar-refractivity contribution >= 4 is 5.91 Å². The molecular formula is C16H22N2O2. The predicted molar refractivity (Wildman–Crippen MR) is 77.6 cm³/mol. The minimum absolute atomic E-state index is 0.0969. The lowest BCUT2D eigenvalue weighted by atomic mass is 10.1. The molecule has 4 heteroatoms. The molecule has 0 saturated carbocycles. The normalized spacial score (nSPS) is 22.7. The Labute approximate surface area is 119 Å². The van der Waals surface area contributed by atoms with Crippen molar-refractivity contribution in [2.75, 3.05) is 13.1 Å². The molecule has 1 aromatic rings. The van der Waals surface area contributed by atoms with Crippen molar-refractivity contribution in [1.29, 1.82) is 0 Å². The van der Waals surface area contributed by atoms with Crippen LogP contribution in [0.5, 0.6) is 5.75 Å². The van der Waals surface area contributed by atoms with E-state index in [-0.39, 0.29) is 11.9 Å². The maximum Gasteiger partial charge on any atom is 0.263 e. The Morgan fingerprint density at radius 2 is 2.15 bits per heavy atom. The van der Waals surface area contributed by atoms with Gasteiger partial charge in [0, 0.05) is 19.1 Å². The van der Waals surface area contributed by atoms with E-state index in [9.17, 15) is 4.79 Å². The molecule has 0 aromatic heterocycles. The monoisotopic (exact) mass is 274 g/mol. The fourth-order valence-corrected chi connectivity index (χ4v) is 3.15. The average Bonchev–Trinajstić information content (AvgIpc) is 3.08. The number of nitrogens with zero attached hydrogens (tertiary/aromatic N) is 1. The molecular weight excluding hydrogens is 252 g/mol. The second kappa shape index (κ2) is 5.44. The molecule has 1 fully saturated rings. The number of hydrogen-bond donors (Lipinski definition) is 1. The average molecular weight is 274 g/mol. The van der Waals surface area contributed by atoms with Crippen LogP contribution in [0, 0.1) is 0 Å². The van der Waals surface area contributed by atoms with Gasteiger partial charge < -0.3 is 15.4 Å². The van der Waals surface area contributed by atoms with Gasteiger partial charge >= 0.3 is 0 Å². The molecule has 2 aliphatic rings. The van der Waals surface area contributed by atoms with Gasteiger partial charge in [0.1, 0.15) is 5.75 Å². The van der Waals surface area contributed by atoms with Gasteiger partial charge in [-0.15, -0.1) is 0 Å². The molecule has 1 saturated heterocycles. The van der Waals surface area contributed by atoms with E-state index < -0.39 is 6.10 Å². The van der Waals surface area contributed by atoms with E-state index in [1.165, 1.54) is 11.1 Å². The van der Waals surface area contributed by atoms with Crippen LogP contribution in [0.15, 0.2) is 18.2 Å². The number of amides is 1. The number of nitrogens with two attached hydrogens (primary N) is 1. The topological polar surface area (TPSA) is 55.6 Å². The van der Waals surface area contributed by atoms with Crippen LogP contribution in [-0.2, 0) is 11.2 Å². The van der Waals surface area contributed by atoms with Gasteiger partial charge in [0.25, 0.3) is 5.91 Å². The Balaban J connectivity index is 1.67. The van der Waals surface area contributed by atoms with Crippen molar-refractivity contribution in [3.8, 4) is 5.75 Å². The number of benzene rings is 1. The molecule has 0 radical (unpaired) electrons. The summed E-state index contributed by atoms with van der Waals surface area (Å²) in [6, 6.07) is 6.16. The number of hydrogen-bond acceptors (Lipinski definition) is 3. The maximum absolute atomic E-state index is 12.2. The SMILES string of the molecule is CC(Oc1ccc2c(c1)CC[C@@H]2N)C(=O)N1CCCC1. The predicted octanol–water partition coefficient (Wildman–Crippen LogP) is 2.02. The Hall–Kier alpha value is -1.55. The molecule has 108 valence electrons. The molecule has 4 nitrogen and oxygen atoms in total. The van der Waals surface area contributed by atoms with Crippen LogP contribution in [0.25, 0.3) is 0 Å². The molecule has 0 bridgehead atoms. The maximum atomic E-state index is 12.2. The van der Waals surface area contributed by atoms with E-state index >= 15 is 0 Å². The van der Waals surface area contributed by atoms with Gasteiger partial charge in [-0.25, -0.2) is 0 Å². The molecule has 0 spiro atoms. The third-order valence-corrected chi connectivity index (χ3v) is 4.32. The number of carbonyl (C=O) groups is 1. The summed E-state index contributed by atoms with van der Waals surface area (Å²) < 4.78 is 5.82. The van der Waals surface area contributed by atoms with Crippen LogP contribution in [0.2, 0.25) is 0 Å². The van der Waals surface area contributed by atoms with Gasteiger partial charge in [0.2, 0.25) is 0 Å². The second-order valence-electron chi connectivity index (χ2n) is 5.80. The quantitative estimate of drug-likeness (QED) is 0.917. The van der Waals surface area contributed by atoms with E-state index in [2.05, 4.69) is 0 Å². The minimum Gasteiger partial charge on any atom is -0.481 e. The zero-order chi connectivity index (χ0) is 14.1. The molecule has 1 aliphatic carbocycles. The van der Waals surface area contributed by atoms with Crippen LogP contribution < -0.4 is 10.5 Å². The number of likely N-dealkylation sites (tertiary alicyclic amines) is 1. The Kier molecular flexibility index (Phi) is 3.66. The van der Waals surface area contributed by atoms with Crippen molar-refractivity contribution in [2.45, 2.75) is 44.8 Å². The largest absolute Gasteiger partial charge is 0.481 e. The number of ether oxygens (including phenoxy) is 1. The lowest BCUT2D eigenvalue weighted by Crippen LogP contribution is -2.38. The Morgan fingerprint density at radius 1 is 1.40 bits per heavy atom. The standard InChI is InChI=1S/C16H22N2O2/c1-11(16(19)18-8-2-3-9-18)20-13-5-6-14-12(10-13)4-7-15(14)17/h5-6,10-11,15H,2-4,7-9,17H2,1H3/t11?,15-/m0/s1. The van der Waals surface area contributed by atoms with E-state index in [0.29, 0.717) is 0 Å². The molecule has 1 aromatic carbocycles. The van der Waals surface area contributed by atoms with Crippen molar-refractivity contribution in [3.63, 3.8) is 0 Å². The molecule has 20 heavy (non-hydrogen) atoms. The fraction of sp³-hybridized carbons (Fsp3) is 0.562. The van der Waals surface area contributed by atoms with E-state index in [4.69, 9.17) is 10.5 Å². The lowest BCUT2D eigenvalue weighted by molar-refractivity contribution is -0.136. The first-order valence-corrected chi connectivity index (χ1v) is 7.49. The molecule has 1 aliphatic heterocycles. The summed E-state index contributed by atoms with van der Waals surface area (Å²) in [5.74, 6) is 0.873. The lowest BCUT2D eigenvalue weighted by Gasteiger charge is -2.21. The smallest absolute Gasteiger partial charge is 0.263 e. The van der Waals surface area contributed by atoms with Crippen LogP contribution in [-0.4, -0.2) is 30.0 Å². The van der Waals surface area contributed by atoms with E-state index in [0.717, 1.165) is 44.5 Å².